The normalized spacial score (nSPS) is 16.5. The number of aryl methyl sites for hydroxylation is 2. The van der Waals surface area contributed by atoms with Crippen LogP contribution in [-0.2, 0) is 0 Å². The second-order valence-electron chi connectivity index (χ2n) is 9.50. The predicted octanol–water partition coefficient (Wildman–Crippen LogP) is 6.83. The molecule has 0 unspecified atom stereocenters. The van der Waals surface area contributed by atoms with Crippen molar-refractivity contribution in [1.82, 2.24) is 4.40 Å². The molecule has 3 aromatic carbocycles. The molecule has 5 nitrogen and oxygen atoms in total. The number of benzene rings is 3. The summed E-state index contributed by atoms with van der Waals surface area (Å²) in [5.41, 5.74) is 7.54. The highest BCUT2D eigenvalue weighted by atomic mass is 16.5. The van der Waals surface area contributed by atoms with Gasteiger partial charge in [-0.1, -0.05) is 77.9 Å². The molecule has 0 spiro atoms. The number of nitrogens with zero attached hydrogens (tertiary/aromatic N) is 1. The van der Waals surface area contributed by atoms with Gasteiger partial charge in [0.15, 0.2) is 12.4 Å². The van der Waals surface area contributed by atoms with Crippen molar-refractivity contribution in [1.29, 1.82) is 0 Å². The molecule has 1 aliphatic rings. The Morgan fingerprint density at radius 1 is 0.865 bits per heavy atom. The molecule has 2 atom stereocenters. The summed E-state index contributed by atoms with van der Waals surface area (Å²) in [5.74, 6) is 0.505. The first kappa shape index (κ1) is 22.8. The van der Waals surface area contributed by atoms with E-state index in [1.165, 1.54) is 0 Å². The van der Waals surface area contributed by atoms with E-state index in [-0.39, 0.29) is 5.78 Å². The Morgan fingerprint density at radius 3 is 2.27 bits per heavy atom. The first-order valence-corrected chi connectivity index (χ1v) is 12.3. The third-order valence-corrected chi connectivity index (χ3v) is 7.03. The lowest BCUT2D eigenvalue weighted by Gasteiger charge is -2.35. The lowest BCUT2D eigenvalue weighted by atomic mass is 9.88. The van der Waals surface area contributed by atoms with E-state index in [9.17, 15) is 9.59 Å². The van der Waals surface area contributed by atoms with E-state index in [0.29, 0.717) is 17.0 Å². The Kier molecular flexibility index (Phi) is 5.61. The Balaban J connectivity index is 1.61. The number of Topliss-reactive ketones (excluding diaryl/α,β-unsaturated/α-hetero) is 1. The molecule has 0 bridgehead atoms. The summed E-state index contributed by atoms with van der Waals surface area (Å²) in [4.78, 5) is 26.5. The van der Waals surface area contributed by atoms with Crippen molar-refractivity contribution in [2.75, 3.05) is 5.32 Å². The number of ketones is 1. The monoisotopic (exact) mass is 486 g/mol. The van der Waals surface area contributed by atoms with Crippen molar-refractivity contribution in [3.8, 4) is 16.9 Å². The van der Waals surface area contributed by atoms with Gasteiger partial charge in [0.1, 0.15) is 5.75 Å². The third-order valence-electron chi connectivity index (χ3n) is 7.03. The number of fused-ring (bicyclic) bond motifs is 2. The zero-order chi connectivity index (χ0) is 25.5. The first-order chi connectivity index (χ1) is 18.0. The van der Waals surface area contributed by atoms with Crippen LogP contribution in [0, 0.1) is 13.8 Å². The maximum atomic E-state index is 14.0. The maximum Gasteiger partial charge on any atom is 0.205 e. The van der Waals surface area contributed by atoms with Crippen LogP contribution in [0.1, 0.15) is 43.6 Å². The van der Waals surface area contributed by atoms with Crippen molar-refractivity contribution in [2.24, 2.45) is 0 Å². The fourth-order valence-electron chi connectivity index (χ4n) is 5.16. The summed E-state index contributed by atoms with van der Waals surface area (Å²) >= 11 is 0. The SMILES string of the molecule is Cc1ccc(C(=O)[C@@H]2Oc3ccccc3N[C@H]2c2c(-c3ccc(C)cc3)c(C=O)n3ccccc23)cc1. The van der Waals surface area contributed by atoms with Crippen molar-refractivity contribution in [3.05, 3.63) is 125 Å². The van der Waals surface area contributed by atoms with E-state index in [0.717, 1.165) is 45.3 Å². The van der Waals surface area contributed by atoms with Crippen LogP contribution in [0.4, 0.5) is 5.69 Å². The number of pyridine rings is 1. The Labute approximate surface area is 215 Å². The van der Waals surface area contributed by atoms with Crippen LogP contribution in [0.2, 0.25) is 0 Å². The molecular weight excluding hydrogens is 460 g/mol. The van der Waals surface area contributed by atoms with Crippen LogP contribution in [-0.4, -0.2) is 22.6 Å². The fraction of sp³-hybridized carbons (Fsp3) is 0.125. The van der Waals surface area contributed by atoms with Gasteiger partial charge in [-0.25, -0.2) is 0 Å². The molecule has 3 heterocycles. The largest absolute Gasteiger partial charge is 0.478 e. The number of carbonyl (C=O) groups is 2. The number of anilines is 1. The molecule has 0 amide bonds. The number of aldehydes is 1. The molecule has 0 aliphatic carbocycles. The zero-order valence-electron chi connectivity index (χ0n) is 20.6. The number of para-hydroxylation sites is 2. The maximum absolute atomic E-state index is 14.0. The fourth-order valence-corrected chi connectivity index (χ4v) is 5.16. The molecule has 1 N–H and O–H groups in total. The van der Waals surface area contributed by atoms with Gasteiger partial charge in [-0.05, 0) is 43.7 Å². The molecule has 0 radical (unpaired) electrons. The van der Waals surface area contributed by atoms with Crippen molar-refractivity contribution in [2.45, 2.75) is 26.0 Å². The molecule has 5 heteroatoms. The van der Waals surface area contributed by atoms with Crippen LogP contribution in [0.5, 0.6) is 5.75 Å². The average molecular weight is 487 g/mol. The van der Waals surface area contributed by atoms with Gasteiger partial charge in [-0.15, -0.1) is 0 Å². The second-order valence-corrected chi connectivity index (χ2v) is 9.50. The third kappa shape index (κ3) is 3.89. The number of nitrogens with one attached hydrogen (secondary N) is 1. The minimum atomic E-state index is -0.840. The minimum Gasteiger partial charge on any atom is -0.478 e. The van der Waals surface area contributed by atoms with E-state index in [1.807, 2.05) is 115 Å². The standard InChI is InChI=1S/C32H26N2O3/c1-20-10-14-22(15-11-20)28-26(19-35)34-18-6-5-8-25(34)29(28)30-32(31(36)23-16-12-21(2)13-17-23)37-27-9-4-3-7-24(27)33-30/h3-19,30,32-33H,1-2H3/t30-,32+/m0/s1. The van der Waals surface area contributed by atoms with E-state index in [2.05, 4.69) is 5.32 Å². The van der Waals surface area contributed by atoms with Crippen molar-refractivity contribution >= 4 is 23.3 Å². The number of ether oxygens (including phenoxy) is 1. The Morgan fingerprint density at radius 2 is 1.54 bits per heavy atom. The smallest absolute Gasteiger partial charge is 0.205 e. The Hall–Kier alpha value is -4.64. The van der Waals surface area contributed by atoms with Crippen LogP contribution in [0.3, 0.4) is 0 Å². The zero-order valence-corrected chi connectivity index (χ0v) is 20.6. The molecule has 6 rings (SSSR count). The molecule has 5 aromatic rings. The molecule has 2 aromatic heterocycles. The number of aromatic nitrogens is 1. The quantitative estimate of drug-likeness (QED) is 0.218. The van der Waals surface area contributed by atoms with E-state index in [1.54, 1.807) is 0 Å². The molecular formula is C32H26N2O3. The second kappa shape index (κ2) is 9.10. The van der Waals surface area contributed by atoms with Crippen LogP contribution < -0.4 is 10.1 Å². The summed E-state index contributed by atoms with van der Waals surface area (Å²) in [5, 5.41) is 3.60. The van der Waals surface area contributed by atoms with Gasteiger partial charge in [-0.2, -0.15) is 0 Å². The van der Waals surface area contributed by atoms with Crippen molar-refractivity contribution < 1.29 is 14.3 Å². The highest BCUT2D eigenvalue weighted by molar-refractivity contribution is 6.02. The van der Waals surface area contributed by atoms with Gasteiger partial charge in [0.2, 0.25) is 5.78 Å². The van der Waals surface area contributed by atoms with Gasteiger partial charge in [-0.3, -0.25) is 9.59 Å². The molecule has 1 aliphatic heterocycles. The summed E-state index contributed by atoms with van der Waals surface area (Å²) in [6.45, 7) is 4.03. The van der Waals surface area contributed by atoms with Gasteiger partial charge >= 0.3 is 0 Å². The molecule has 0 saturated heterocycles. The Bertz CT molecular complexity index is 1630. The van der Waals surface area contributed by atoms with Crippen LogP contribution in [0.25, 0.3) is 16.6 Å². The van der Waals surface area contributed by atoms with Crippen LogP contribution >= 0.6 is 0 Å². The van der Waals surface area contributed by atoms with Gasteiger partial charge in [0, 0.05) is 22.9 Å². The number of hydrogen-bond donors (Lipinski definition) is 1. The highest BCUT2D eigenvalue weighted by Crippen LogP contribution is 2.44. The predicted molar refractivity (Wildman–Crippen MR) is 146 cm³/mol. The first-order valence-electron chi connectivity index (χ1n) is 12.3. The average Bonchev–Trinajstić information content (AvgIpc) is 3.27. The summed E-state index contributed by atoms with van der Waals surface area (Å²) < 4.78 is 8.33. The van der Waals surface area contributed by atoms with Crippen molar-refractivity contribution in [3.63, 3.8) is 0 Å². The molecule has 182 valence electrons. The summed E-state index contributed by atoms with van der Waals surface area (Å²) in [7, 11) is 0. The van der Waals surface area contributed by atoms with E-state index < -0.39 is 12.1 Å². The van der Waals surface area contributed by atoms with Gasteiger partial charge in [0.25, 0.3) is 0 Å². The number of carbonyl (C=O) groups excluding carboxylic acids is 2. The number of rotatable bonds is 5. The summed E-state index contributed by atoms with van der Waals surface area (Å²) in [6, 6.07) is 28.6. The molecule has 37 heavy (non-hydrogen) atoms. The number of hydrogen-bond acceptors (Lipinski definition) is 4. The highest BCUT2D eigenvalue weighted by Gasteiger charge is 2.40. The lowest BCUT2D eigenvalue weighted by molar-refractivity contribution is 0.0746. The minimum absolute atomic E-state index is 0.121. The lowest BCUT2D eigenvalue weighted by Crippen LogP contribution is -2.41. The topological polar surface area (TPSA) is 59.8 Å². The van der Waals surface area contributed by atoms with Crippen LogP contribution in [0.15, 0.2) is 97.2 Å². The van der Waals surface area contributed by atoms with E-state index in [4.69, 9.17) is 4.74 Å². The molecule has 0 saturated carbocycles. The van der Waals surface area contributed by atoms with Gasteiger partial charge < -0.3 is 14.5 Å². The molecule has 0 fully saturated rings. The van der Waals surface area contributed by atoms with Gasteiger partial charge in [0.05, 0.1) is 22.9 Å². The summed E-state index contributed by atoms with van der Waals surface area (Å²) in [6.07, 6.45) is 1.93. The van der Waals surface area contributed by atoms with E-state index >= 15 is 0 Å².